The lowest BCUT2D eigenvalue weighted by molar-refractivity contribution is 0.0694. The number of aromatic carboxylic acids is 1. The van der Waals surface area contributed by atoms with Gasteiger partial charge in [-0.15, -0.1) is 0 Å². The predicted octanol–water partition coefficient (Wildman–Crippen LogP) is 2.97. The average Bonchev–Trinajstić information content (AvgIpc) is 2.46. The minimum atomic E-state index is -1.00. The van der Waals surface area contributed by atoms with Gasteiger partial charge in [0.2, 0.25) is 0 Å². The second-order valence-electron chi connectivity index (χ2n) is 4.68. The summed E-state index contributed by atoms with van der Waals surface area (Å²) in [5.41, 5.74) is 1.51. The van der Waals surface area contributed by atoms with Gasteiger partial charge in [0, 0.05) is 11.8 Å². The molecule has 0 aliphatic carbocycles. The van der Waals surface area contributed by atoms with Crippen LogP contribution in [0.1, 0.15) is 35.8 Å². The largest absolute Gasteiger partial charge is 0.497 e. The van der Waals surface area contributed by atoms with Crippen LogP contribution in [0, 0.1) is 0 Å². The normalized spacial score (nSPS) is 10.6. The molecule has 1 aromatic carbocycles. The Morgan fingerprint density at radius 2 is 1.90 bits per heavy atom. The molecule has 0 saturated carbocycles. The summed E-state index contributed by atoms with van der Waals surface area (Å²) in [6, 6.07) is 7.33. The Kier molecular flexibility index (Phi) is 3.98. The molecule has 0 unspecified atom stereocenters. The molecular formula is C15H16N2O3. The maximum atomic E-state index is 11.2. The highest BCUT2D eigenvalue weighted by Gasteiger charge is 2.16. The Balaban J connectivity index is 2.47. The molecule has 5 heteroatoms. The van der Waals surface area contributed by atoms with Crippen molar-refractivity contribution in [1.82, 2.24) is 9.97 Å². The summed E-state index contributed by atoms with van der Waals surface area (Å²) >= 11 is 0. The summed E-state index contributed by atoms with van der Waals surface area (Å²) in [6.45, 7) is 3.82. The number of hydrogen-bond acceptors (Lipinski definition) is 4. The van der Waals surface area contributed by atoms with E-state index in [9.17, 15) is 4.79 Å². The van der Waals surface area contributed by atoms with Gasteiger partial charge in [-0.1, -0.05) is 13.8 Å². The van der Waals surface area contributed by atoms with Crippen molar-refractivity contribution in [3.8, 4) is 17.1 Å². The van der Waals surface area contributed by atoms with Crippen LogP contribution in [-0.2, 0) is 0 Å². The second-order valence-corrected chi connectivity index (χ2v) is 4.68. The molecule has 2 rings (SSSR count). The van der Waals surface area contributed by atoms with E-state index in [2.05, 4.69) is 9.97 Å². The van der Waals surface area contributed by atoms with E-state index in [-0.39, 0.29) is 11.5 Å². The molecule has 0 spiro atoms. The van der Waals surface area contributed by atoms with Crippen LogP contribution in [0.25, 0.3) is 11.4 Å². The Hall–Kier alpha value is -2.43. The Bertz CT molecular complexity index is 622. The van der Waals surface area contributed by atoms with Crippen LogP contribution in [0.2, 0.25) is 0 Å². The van der Waals surface area contributed by atoms with Crippen LogP contribution >= 0.6 is 0 Å². The molecule has 104 valence electrons. The number of aromatic nitrogens is 2. The van der Waals surface area contributed by atoms with Crippen molar-refractivity contribution in [2.75, 3.05) is 7.11 Å². The van der Waals surface area contributed by atoms with Crippen molar-refractivity contribution >= 4 is 5.97 Å². The van der Waals surface area contributed by atoms with Crippen molar-refractivity contribution in [2.45, 2.75) is 19.8 Å². The number of benzene rings is 1. The lowest BCUT2D eigenvalue weighted by Crippen LogP contribution is -2.08. The van der Waals surface area contributed by atoms with Gasteiger partial charge in [0.1, 0.15) is 5.75 Å². The molecule has 0 radical (unpaired) electrons. The summed E-state index contributed by atoms with van der Waals surface area (Å²) in [6.07, 6.45) is 1.37. The summed E-state index contributed by atoms with van der Waals surface area (Å²) in [4.78, 5) is 19.7. The minimum Gasteiger partial charge on any atom is -0.497 e. The van der Waals surface area contributed by atoms with E-state index in [0.717, 1.165) is 11.3 Å². The molecule has 2 aromatic rings. The van der Waals surface area contributed by atoms with Gasteiger partial charge in [-0.05, 0) is 30.2 Å². The molecule has 0 saturated heterocycles. The first kappa shape index (κ1) is 14.0. The van der Waals surface area contributed by atoms with Crippen LogP contribution < -0.4 is 4.74 Å². The molecule has 0 aliphatic rings. The minimum absolute atomic E-state index is 0.0149. The van der Waals surface area contributed by atoms with Crippen LogP contribution in [0.4, 0.5) is 0 Å². The lowest BCUT2D eigenvalue weighted by Gasteiger charge is -2.10. The molecule has 5 nitrogen and oxygen atoms in total. The van der Waals surface area contributed by atoms with E-state index in [1.54, 1.807) is 7.11 Å². The molecule has 20 heavy (non-hydrogen) atoms. The summed E-state index contributed by atoms with van der Waals surface area (Å²) < 4.78 is 5.10. The molecule has 1 aromatic heterocycles. The first-order chi connectivity index (χ1) is 9.52. The van der Waals surface area contributed by atoms with E-state index in [4.69, 9.17) is 9.84 Å². The number of ether oxygens (including phenoxy) is 1. The van der Waals surface area contributed by atoms with Crippen LogP contribution in [0.5, 0.6) is 5.75 Å². The van der Waals surface area contributed by atoms with Crippen molar-refractivity contribution < 1.29 is 14.6 Å². The molecule has 0 aliphatic heterocycles. The van der Waals surface area contributed by atoms with E-state index in [1.807, 2.05) is 38.1 Å². The maximum absolute atomic E-state index is 11.2. The number of nitrogens with zero attached hydrogens (tertiary/aromatic N) is 2. The summed E-state index contributed by atoms with van der Waals surface area (Å²) in [5, 5.41) is 9.15. The molecule has 0 atom stereocenters. The first-order valence-electron chi connectivity index (χ1n) is 6.27. The maximum Gasteiger partial charge on any atom is 0.339 e. The topological polar surface area (TPSA) is 72.3 Å². The fourth-order valence-corrected chi connectivity index (χ4v) is 1.88. The lowest BCUT2D eigenvalue weighted by atomic mass is 10.0. The Labute approximate surface area is 117 Å². The highest BCUT2D eigenvalue weighted by molar-refractivity contribution is 5.88. The first-order valence-corrected chi connectivity index (χ1v) is 6.27. The third-order valence-electron chi connectivity index (χ3n) is 2.94. The predicted molar refractivity (Wildman–Crippen MR) is 75.1 cm³/mol. The quantitative estimate of drug-likeness (QED) is 0.926. The number of carboxylic acids is 1. The van der Waals surface area contributed by atoms with Crippen LogP contribution in [0.15, 0.2) is 30.5 Å². The third kappa shape index (κ3) is 2.77. The molecule has 0 bridgehead atoms. The number of methoxy groups -OCH3 is 1. The number of carbonyl (C=O) groups is 1. The van der Waals surface area contributed by atoms with Crippen LogP contribution in [0.3, 0.4) is 0 Å². The van der Waals surface area contributed by atoms with Gasteiger partial charge < -0.3 is 9.84 Å². The molecule has 0 fully saturated rings. The SMILES string of the molecule is COc1ccc(-c2ncc(C(=O)O)c(C(C)C)n2)cc1. The van der Waals surface area contributed by atoms with Gasteiger partial charge in [-0.25, -0.2) is 14.8 Å². The number of hydrogen-bond donors (Lipinski definition) is 1. The zero-order valence-corrected chi connectivity index (χ0v) is 11.6. The summed E-state index contributed by atoms with van der Waals surface area (Å²) in [7, 11) is 1.60. The fraction of sp³-hybridized carbons (Fsp3) is 0.267. The highest BCUT2D eigenvalue weighted by Crippen LogP contribution is 2.23. The zero-order chi connectivity index (χ0) is 14.7. The summed E-state index contributed by atoms with van der Waals surface area (Å²) in [5.74, 6) is 0.275. The monoisotopic (exact) mass is 272 g/mol. The van der Waals surface area contributed by atoms with Crippen molar-refractivity contribution in [1.29, 1.82) is 0 Å². The van der Waals surface area contributed by atoms with Gasteiger partial charge in [0.15, 0.2) is 5.82 Å². The second kappa shape index (κ2) is 5.69. The highest BCUT2D eigenvalue weighted by atomic mass is 16.5. The fourth-order valence-electron chi connectivity index (χ4n) is 1.88. The van der Waals surface area contributed by atoms with Crippen molar-refractivity contribution in [3.63, 3.8) is 0 Å². The van der Waals surface area contributed by atoms with Crippen LogP contribution in [-0.4, -0.2) is 28.2 Å². The Morgan fingerprint density at radius 3 is 2.40 bits per heavy atom. The smallest absolute Gasteiger partial charge is 0.339 e. The van der Waals surface area contributed by atoms with Gasteiger partial charge in [0.05, 0.1) is 18.4 Å². The molecule has 0 amide bonds. The Morgan fingerprint density at radius 1 is 1.25 bits per heavy atom. The van der Waals surface area contributed by atoms with Gasteiger partial charge in [-0.2, -0.15) is 0 Å². The van der Waals surface area contributed by atoms with Crippen molar-refractivity contribution in [3.05, 3.63) is 41.7 Å². The van der Waals surface area contributed by atoms with E-state index < -0.39 is 5.97 Å². The molecule has 1 heterocycles. The zero-order valence-electron chi connectivity index (χ0n) is 11.6. The average molecular weight is 272 g/mol. The van der Waals surface area contributed by atoms with Gasteiger partial charge in [-0.3, -0.25) is 0 Å². The van der Waals surface area contributed by atoms with E-state index >= 15 is 0 Å². The molecule has 1 N–H and O–H groups in total. The van der Waals surface area contributed by atoms with Gasteiger partial charge in [0.25, 0.3) is 0 Å². The van der Waals surface area contributed by atoms with E-state index in [1.165, 1.54) is 6.20 Å². The number of carboxylic acid groups (broad SMARTS) is 1. The third-order valence-corrected chi connectivity index (χ3v) is 2.94. The standard InChI is InChI=1S/C15H16N2O3/c1-9(2)13-12(15(18)19)8-16-14(17-13)10-4-6-11(20-3)7-5-10/h4-9H,1-3H3,(H,18,19). The van der Waals surface area contributed by atoms with Crippen molar-refractivity contribution in [2.24, 2.45) is 0 Å². The number of rotatable bonds is 4. The van der Waals surface area contributed by atoms with E-state index in [0.29, 0.717) is 11.5 Å². The molecular weight excluding hydrogens is 256 g/mol. The van der Waals surface area contributed by atoms with Gasteiger partial charge >= 0.3 is 5.97 Å².